The Balaban J connectivity index is 2.07. The topological polar surface area (TPSA) is 23.5 Å². The van der Waals surface area contributed by atoms with Gasteiger partial charge in [0.25, 0.3) is 0 Å². The molecule has 1 aliphatic carbocycles. The van der Waals surface area contributed by atoms with E-state index in [2.05, 4.69) is 18.7 Å². The second-order valence-corrected chi connectivity index (χ2v) is 4.47. The van der Waals surface area contributed by atoms with E-state index in [9.17, 15) is 5.11 Å². The summed E-state index contributed by atoms with van der Waals surface area (Å²) >= 11 is 0. The van der Waals surface area contributed by atoms with E-state index in [1.165, 1.54) is 32.4 Å². The summed E-state index contributed by atoms with van der Waals surface area (Å²) in [7, 11) is 0. The number of nitrogens with zero attached hydrogens (tertiary/aromatic N) is 1. The zero-order chi connectivity index (χ0) is 10.4. The first-order valence-electron chi connectivity index (χ1n) is 6.20. The van der Waals surface area contributed by atoms with E-state index in [1.807, 2.05) is 0 Å². The first-order chi connectivity index (χ1) is 6.77. The van der Waals surface area contributed by atoms with Gasteiger partial charge in [0.2, 0.25) is 0 Å². The van der Waals surface area contributed by atoms with Crippen molar-refractivity contribution in [1.29, 1.82) is 0 Å². The Kier molecular flexibility index (Phi) is 5.49. The van der Waals surface area contributed by atoms with Crippen LogP contribution in [0.15, 0.2) is 0 Å². The molecule has 0 radical (unpaired) electrons. The molecule has 0 bridgehead atoms. The van der Waals surface area contributed by atoms with Gasteiger partial charge in [0, 0.05) is 6.04 Å². The molecule has 1 aliphatic rings. The molecule has 1 fully saturated rings. The number of aliphatic hydroxyl groups is 1. The van der Waals surface area contributed by atoms with Gasteiger partial charge in [-0.15, -0.1) is 0 Å². The third kappa shape index (κ3) is 4.43. The van der Waals surface area contributed by atoms with Crippen LogP contribution in [0.5, 0.6) is 0 Å². The lowest BCUT2D eigenvalue weighted by Gasteiger charge is -2.21. The van der Waals surface area contributed by atoms with E-state index < -0.39 is 0 Å². The minimum atomic E-state index is -0.0716. The number of rotatable bonds is 8. The van der Waals surface area contributed by atoms with Crippen LogP contribution in [0.3, 0.4) is 0 Å². The van der Waals surface area contributed by atoms with Crippen LogP contribution in [0, 0.1) is 0 Å². The van der Waals surface area contributed by atoms with E-state index in [0.29, 0.717) is 0 Å². The van der Waals surface area contributed by atoms with Crippen LogP contribution in [-0.2, 0) is 0 Å². The first kappa shape index (κ1) is 12.0. The van der Waals surface area contributed by atoms with E-state index in [-0.39, 0.29) is 6.10 Å². The van der Waals surface area contributed by atoms with E-state index in [1.54, 1.807) is 0 Å². The maximum Gasteiger partial charge on any atom is 0.0538 e. The average Bonchev–Trinajstić information content (AvgIpc) is 2.99. The molecular weight excluding hydrogens is 174 g/mol. The lowest BCUT2D eigenvalue weighted by atomic mass is 10.1. The molecule has 1 saturated carbocycles. The fraction of sp³-hybridized carbons (Fsp3) is 1.00. The van der Waals surface area contributed by atoms with E-state index in [4.69, 9.17) is 0 Å². The molecule has 0 amide bonds. The Hall–Kier alpha value is -0.0800. The zero-order valence-corrected chi connectivity index (χ0v) is 9.71. The molecule has 14 heavy (non-hydrogen) atoms. The molecule has 2 heteroatoms. The molecule has 0 spiro atoms. The molecule has 0 heterocycles. The van der Waals surface area contributed by atoms with Crippen LogP contribution in [0.2, 0.25) is 0 Å². The fourth-order valence-corrected chi connectivity index (χ4v) is 1.94. The fourth-order valence-electron chi connectivity index (χ4n) is 1.94. The summed E-state index contributed by atoms with van der Waals surface area (Å²) in [6.07, 6.45) is 7.02. The Bertz CT molecular complexity index is 145. The van der Waals surface area contributed by atoms with Gasteiger partial charge in [0.1, 0.15) is 0 Å². The average molecular weight is 199 g/mol. The van der Waals surface area contributed by atoms with Crippen molar-refractivity contribution in [3.05, 3.63) is 0 Å². The normalized spacial score (nSPS) is 18.9. The Morgan fingerprint density at radius 1 is 1.29 bits per heavy atom. The highest BCUT2D eigenvalue weighted by molar-refractivity contribution is 4.84. The maximum absolute atomic E-state index is 9.44. The summed E-state index contributed by atoms with van der Waals surface area (Å²) in [5.41, 5.74) is 0. The second kappa shape index (κ2) is 6.41. The lowest BCUT2D eigenvalue weighted by Crippen LogP contribution is -2.28. The molecule has 0 aromatic heterocycles. The molecule has 1 atom stereocenters. The van der Waals surface area contributed by atoms with Crippen LogP contribution in [0.1, 0.15) is 52.4 Å². The molecule has 2 nitrogen and oxygen atoms in total. The predicted octanol–water partition coefficient (Wildman–Crippen LogP) is 2.41. The van der Waals surface area contributed by atoms with Gasteiger partial charge in [0.15, 0.2) is 0 Å². The van der Waals surface area contributed by atoms with Gasteiger partial charge in [0.05, 0.1) is 6.10 Å². The number of hydrogen-bond donors (Lipinski definition) is 1. The molecule has 0 aliphatic heterocycles. The summed E-state index contributed by atoms with van der Waals surface area (Å²) in [6, 6.07) is 0.883. The molecule has 0 saturated heterocycles. The van der Waals surface area contributed by atoms with Gasteiger partial charge < -0.3 is 10.0 Å². The van der Waals surface area contributed by atoms with Crippen molar-refractivity contribution in [2.24, 2.45) is 0 Å². The quantitative estimate of drug-likeness (QED) is 0.649. The number of hydrogen-bond acceptors (Lipinski definition) is 2. The molecule has 1 rings (SSSR count). The van der Waals surface area contributed by atoms with Gasteiger partial charge in [-0.25, -0.2) is 0 Å². The van der Waals surface area contributed by atoms with Crippen molar-refractivity contribution in [1.82, 2.24) is 4.90 Å². The van der Waals surface area contributed by atoms with E-state index in [0.717, 1.165) is 25.3 Å². The first-order valence-corrected chi connectivity index (χ1v) is 6.20. The summed E-state index contributed by atoms with van der Waals surface area (Å²) in [6.45, 7) is 6.73. The third-order valence-corrected chi connectivity index (χ3v) is 3.03. The third-order valence-electron chi connectivity index (χ3n) is 3.03. The molecule has 84 valence electrons. The second-order valence-electron chi connectivity index (χ2n) is 4.47. The molecule has 0 aromatic rings. The lowest BCUT2D eigenvalue weighted by molar-refractivity contribution is 0.148. The zero-order valence-electron chi connectivity index (χ0n) is 9.71. The molecule has 1 N–H and O–H groups in total. The highest BCUT2D eigenvalue weighted by Gasteiger charge is 2.27. The van der Waals surface area contributed by atoms with Gasteiger partial charge in [-0.05, 0) is 51.6 Å². The Morgan fingerprint density at radius 2 is 2.00 bits per heavy atom. The minimum Gasteiger partial charge on any atom is -0.393 e. The van der Waals surface area contributed by atoms with Crippen molar-refractivity contribution in [2.45, 2.75) is 64.5 Å². The van der Waals surface area contributed by atoms with Crippen LogP contribution in [-0.4, -0.2) is 35.2 Å². The van der Waals surface area contributed by atoms with Crippen LogP contribution >= 0.6 is 0 Å². The van der Waals surface area contributed by atoms with Gasteiger partial charge in [-0.3, -0.25) is 0 Å². The minimum absolute atomic E-state index is 0.0716. The van der Waals surface area contributed by atoms with Gasteiger partial charge in [-0.2, -0.15) is 0 Å². The summed E-state index contributed by atoms with van der Waals surface area (Å²) < 4.78 is 0. The smallest absolute Gasteiger partial charge is 0.0538 e. The van der Waals surface area contributed by atoms with Crippen molar-refractivity contribution < 1.29 is 5.11 Å². The molecule has 0 aromatic carbocycles. The molecule has 1 unspecified atom stereocenters. The van der Waals surface area contributed by atoms with Crippen molar-refractivity contribution in [3.63, 3.8) is 0 Å². The van der Waals surface area contributed by atoms with Crippen molar-refractivity contribution >= 4 is 0 Å². The van der Waals surface area contributed by atoms with E-state index >= 15 is 0 Å². The summed E-state index contributed by atoms with van der Waals surface area (Å²) in [5.74, 6) is 0. The SMILES string of the molecule is CCCN(CCCC(O)CC)C1CC1. The van der Waals surface area contributed by atoms with Crippen molar-refractivity contribution in [3.8, 4) is 0 Å². The van der Waals surface area contributed by atoms with Crippen LogP contribution in [0.25, 0.3) is 0 Å². The van der Waals surface area contributed by atoms with Gasteiger partial charge in [-0.1, -0.05) is 13.8 Å². The monoisotopic (exact) mass is 199 g/mol. The Morgan fingerprint density at radius 3 is 2.50 bits per heavy atom. The summed E-state index contributed by atoms with van der Waals surface area (Å²) in [5, 5.41) is 9.44. The molecular formula is C12H25NO. The largest absolute Gasteiger partial charge is 0.393 e. The standard InChI is InChI=1S/C12H25NO/c1-3-9-13(11-7-8-11)10-5-6-12(14)4-2/h11-12,14H,3-10H2,1-2H3. The summed E-state index contributed by atoms with van der Waals surface area (Å²) in [4.78, 5) is 2.60. The Labute approximate surface area is 88.3 Å². The van der Waals surface area contributed by atoms with Crippen LogP contribution in [0.4, 0.5) is 0 Å². The maximum atomic E-state index is 9.44. The van der Waals surface area contributed by atoms with Gasteiger partial charge >= 0.3 is 0 Å². The highest BCUT2D eigenvalue weighted by Crippen LogP contribution is 2.27. The highest BCUT2D eigenvalue weighted by atomic mass is 16.3. The number of aliphatic hydroxyl groups excluding tert-OH is 1. The predicted molar refractivity (Wildman–Crippen MR) is 60.4 cm³/mol. The van der Waals surface area contributed by atoms with Crippen LogP contribution < -0.4 is 0 Å². The van der Waals surface area contributed by atoms with Crippen molar-refractivity contribution in [2.75, 3.05) is 13.1 Å².